The van der Waals surface area contributed by atoms with Gasteiger partial charge in [-0.3, -0.25) is 10.1 Å². The molecule has 1 aromatic heterocycles. The molecule has 1 heterocycles. The summed E-state index contributed by atoms with van der Waals surface area (Å²) in [4.78, 5) is 16.4. The predicted octanol–water partition coefficient (Wildman–Crippen LogP) is 3.71. The SMILES string of the molecule is CCOc1ccccc1OCC(=O)Nc1nc2ccccc2s1. The normalized spacial score (nSPS) is 10.5. The van der Waals surface area contributed by atoms with Crippen LogP contribution >= 0.6 is 11.3 Å². The van der Waals surface area contributed by atoms with Gasteiger partial charge in [0.05, 0.1) is 16.8 Å². The van der Waals surface area contributed by atoms with Crippen molar-refractivity contribution in [3.8, 4) is 11.5 Å². The van der Waals surface area contributed by atoms with Crippen LogP contribution in [0.1, 0.15) is 6.92 Å². The molecule has 2 aromatic carbocycles. The monoisotopic (exact) mass is 328 g/mol. The summed E-state index contributed by atoms with van der Waals surface area (Å²) in [7, 11) is 0. The number of fused-ring (bicyclic) bond motifs is 1. The Balaban J connectivity index is 1.61. The highest BCUT2D eigenvalue weighted by Crippen LogP contribution is 2.27. The molecule has 0 aliphatic rings. The average molecular weight is 328 g/mol. The Morgan fingerprint density at radius 2 is 1.78 bits per heavy atom. The van der Waals surface area contributed by atoms with Crippen LogP contribution in [-0.2, 0) is 4.79 Å². The molecule has 23 heavy (non-hydrogen) atoms. The van der Waals surface area contributed by atoms with E-state index in [1.165, 1.54) is 11.3 Å². The molecular weight excluding hydrogens is 312 g/mol. The number of hydrogen-bond acceptors (Lipinski definition) is 5. The molecule has 0 atom stereocenters. The van der Waals surface area contributed by atoms with Crippen molar-refractivity contribution in [2.45, 2.75) is 6.92 Å². The molecule has 0 fully saturated rings. The van der Waals surface area contributed by atoms with Gasteiger partial charge in [0.15, 0.2) is 23.2 Å². The molecule has 118 valence electrons. The number of thiazole rings is 1. The second-order valence-electron chi connectivity index (χ2n) is 4.70. The maximum absolute atomic E-state index is 12.0. The second kappa shape index (κ2) is 7.11. The molecule has 0 bridgehead atoms. The van der Waals surface area contributed by atoms with Gasteiger partial charge in [0.25, 0.3) is 5.91 Å². The van der Waals surface area contributed by atoms with E-state index in [2.05, 4.69) is 10.3 Å². The van der Waals surface area contributed by atoms with Crippen molar-refractivity contribution in [3.05, 3.63) is 48.5 Å². The second-order valence-corrected chi connectivity index (χ2v) is 5.73. The molecule has 0 unspecified atom stereocenters. The van der Waals surface area contributed by atoms with Gasteiger partial charge in [-0.15, -0.1) is 0 Å². The molecule has 0 spiro atoms. The lowest BCUT2D eigenvalue weighted by atomic mass is 10.3. The molecule has 3 aromatic rings. The minimum absolute atomic E-state index is 0.0972. The van der Waals surface area contributed by atoms with Gasteiger partial charge in [-0.25, -0.2) is 4.98 Å². The number of nitrogens with zero attached hydrogens (tertiary/aromatic N) is 1. The Hall–Kier alpha value is -2.60. The van der Waals surface area contributed by atoms with E-state index in [0.717, 1.165) is 10.2 Å². The van der Waals surface area contributed by atoms with Gasteiger partial charge in [-0.1, -0.05) is 35.6 Å². The van der Waals surface area contributed by atoms with Crippen LogP contribution in [0.5, 0.6) is 11.5 Å². The van der Waals surface area contributed by atoms with E-state index in [4.69, 9.17) is 9.47 Å². The van der Waals surface area contributed by atoms with Crippen LogP contribution in [0.3, 0.4) is 0 Å². The van der Waals surface area contributed by atoms with E-state index in [1.807, 2.05) is 49.4 Å². The van der Waals surface area contributed by atoms with E-state index in [-0.39, 0.29) is 12.5 Å². The molecule has 6 heteroatoms. The maximum Gasteiger partial charge on any atom is 0.264 e. The summed E-state index contributed by atoms with van der Waals surface area (Å²) in [5.41, 5.74) is 0.871. The number of amides is 1. The minimum Gasteiger partial charge on any atom is -0.490 e. The first-order valence-corrected chi connectivity index (χ1v) is 8.08. The summed E-state index contributed by atoms with van der Waals surface area (Å²) in [6.45, 7) is 2.34. The Morgan fingerprint density at radius 1 is 1.09 bits per heavy atom. The standard InChI is InChI=1S/C17H16N2O3S/c1-2-21-13-8-4-5-9-14(13)22-11-16(20)19-17-18-12-7-3-6-10-15(12)23-17/h3-10H,2,11H2,1H3,(H,18,19,20). The fraction of sp³-hybridized carbons (Fsp3) is 0.176. The van der Waals surface area contributed by atoms with Crippen LogP contribution in [0, 0.1) is 0 Å². The van der Waals surface area contributed by atoms with Crippen molar-refractivity contribution in [3.63, 3.8) is 0 Å². The third-order valence-corrected chi connectivity index (χ3v) is 4.00. The van der Waals surface area contributed by atoms with Crippen molar-refractivity contribution < 1.29 is 14.3 Å². The molecule has 1 amide bonds. The highest BCUT2D eigenvalue weighted by Gasteiger charge is 2.10. The van der Waals surface area contributed by atoms with Crippen LogP contribution < -0.4 is 14.8 Å². The molecule has 3 rings (SSSR count). The highest BCUT2D eigenvalue weighted by molar-refractivity contribution is 7.22. The maximum atomic E-state index is 12.0. The first-order chi connectivity index (χ1) is 11.3. The molecule has 5 nitrogen and oxygen atoms in total. The lowest BCUT2D eigenvalue weighted by Gasteiger charge is -2.10. The Morgan fingerprint density at radius 3 is 2.52 bits per heavy atom. The lowest BCUT2D eigenvalue weighted by molar-refractivity contribution is -0.118. The summed E-state index contributed by atoms with van der Waals surface area (Å²) in [6.07, 6.45) is 0. The number of ether oxygens (including phenoxy) is 2. The zero-order valence-electron chi connectivity index (χ0n) is 12.6. The van der Waals surface area contributed by atoms with Crippen molar-refractivity contribution >= 4 is 32.6 Å². The molecule has 0 aliphatic carbocycles. The minimum atomic E-state index is -0.254. The fourth-order valence-corrected chi connectivity index (χ4v) is 2.95. The van der Waals surface area contributed by atoms with Gasteiger partial charge in [-0.05, 0) is 31.2 Å². The van der Waals surface area contributed by atoms with Crippen LogP contribution in [0.2, 0.25) is 0 Å². The Bertz CT molecular complexity index is 783. The topological polar surface area (TPSA) is 60.5 Å². The number of carbonyl (C=O) groups excluding carboxylic acids is 1. The number of rotatable bonds is 6. The molecule has 0 saturated heterocycles. The van der Waals surface area contributed by atoms with Gasteiger partial charge >= 0.3 is 0 Å². The van der Waals surface area contributed by atoms with Crippen LogP contribution in [0.4, 0.5) is 5.13 Å². The van der Waals surface area contributed by atoms with Gasteiger partial charge in [0, 0.05) is 0 Å². The number of nitrogens with one attached hydrogen (secondary N) is 1. The van der Waals surface area contributed by atoms with Crippen LogP contribution in [0.25, 0.3) is 10.2 Å². The van der Waals surface area contributed by atoms with Crippen molar-refractivity contribution in [1.29, 1.82) is 0 Å². The van der Waals surface area contributed by atoms with Crippen LogP contribution in [-0.4, -0.2) is 24.1 Å². The van der Waals surface area contributed by atoms with E-state index in [0.29, 0.717) is 23.2 Å². The number of para-hydroxylation sites is 3. The van der Waals surface area contributed by atoms with E-state index < -0.39 is 0 Å². The summed E-state index contributed by atoms with van der Waals surface area (Å²) in [5, 5.41) is 3.32. The average Bonchev–Trinajstić information content (AvgIpc) is 2.96. The van der Waals surface area contributed by atoms with Crippen LogP contribution in [0.15, 0.2) is 48.5 Å². The smallest absolute Gasteiger partial charge is 0.264 e. The molecule has 0 saturated carbocycles. The quantitative estimate of drug-likeness (QED) is 0.749. The first-order valence-electron chi connectivity index (χ1n) is 7.26. The van der Waals surface area contributed by atoms with E-state index in [9.17, 15) is 4.79 Å². The number of hydrogen-bond donors (Lipinski definition) is 1. The Labute approximate surface area is 137 Å². The highest BCUT2D eigenvalue weighted by atomic mass is 32.1. The van der Waals surface area contributed by atoms with E-state index >= 15 is 0 Å². The predicted molar refractivity (Wildman–Crippen MR) is 91.4 cm³/mol. The van der Waals surface area contributed by atoms with Gasteiger partial charge in [0.1, 0.15) is 0 Å². The third-order valence-electron chi connectivity index (χ3n) is 3.05. The third kappa shape index (κ3) is 3.78. The van der Waals surface area contributed by atoms with Gasteiger partial charge in [-0.2, -0.15) is 0 Å². The number of benzene rings is 2. The molecular formula is C17H16N2O3S. The zero-order chi connectivity index (χ0) is 16.1. The van der Waals surface area contributed by atoms with Crippen molar-refractivity contribution in [1.82, 2.24) is 4.98 Å². The largest absolute Gasteiger partial charge is 0.490 e. The Kier molecular flexibility index (Phi) is 4.73. The first kappa shape index (κ1) is 15.3. The van der Waals surface area contributed by atoms with E-state index in [1.54, 1.807) is 6.07 Å². The molecule has 1 N–H and O–H groups in total. The number of carbonyl (C=O) groups is 1. The summed E-state index contributed by atoms with van der Waals surface area (Å²) >= 11 is 1.44. The molecule has 0 radical (unpaired) electrons. The number of aromatic nitrogens is 1. The van der Waals surface area contributed by atoms with Crippen molar-refractivity contribution in [2.75, 3.05) is 18.5 Å². The summed E-state index contributed by atoms with van der Waals surface area (Å²) < 4.78 is 12.0. The molecule has 0 aliphatic heterocycles. The zero-order valence-corrected chi connectivity index (χ0v) is 13.4. The van der Waals surface area contributed by atoms with Gasteiger partial charge < -0.3 is 9.47 Å². The fourth-order valence-electron chi connectivity index (χ4n) is 2.07. The summed E-state index contributed by atoms with van der Waals surface area (Å²) in [5.74, 6) is 0.923. The van der Waals surface area contributed by atoms with Gasteiger partial charge in [0.2, 0.25) is 0 Å². The van der Waals surface area contributed by atoms with Crippen molar-refractivity contribution in [2.24, 2.45) is 0 Å². The lowest BCUT2D eigenvalue weighted by Crippen LogP contribution is -2.20. The summed E-state index contributed by atoms with van der Waals surface area (Å²) in [6, 6.07) is 15.0. The number of anilines is 1.